The van der Waals surface area contributed by atoms with Crippen molar-refractivity contribution in [3.8, 4) is 0 Å². The van der Waals surface area contributed by atoms with Crippen molar-refractivity contribution < 1.29 is 36.7 Å². The largest absolute Gasteiger partial charge is 0.416 e. The Balaban J connectivity index is 1.53. The third-order valence-electron chi connectivity index (χ3n) is 7.91. The van der Waals surface area contributed by atoms with Gasteiger partial charge < -0.3 is 10.2 Å². The summed E-state index contributed by atoms with van der Waals surface area (Å²) in [5.41, 5.74) is -2.28. The highest BCUT2D eigenvalue weighted by Gasteiger charge is 2.60. The molecule has 1 N–H and O–H groups in total. The van der Waals surface area contributed by atoms with E-state index in [1.165, 1.54) is 9.80 Å². The molecule has 11 heteroatoms. The van der Waals surface area contributed by atoms with E-state index in [-0.39, 0.29) is 44.3 Å². The van der Waals surface area contributed by atoms with Crippen LogP contribution in [0.15, 0.2) is 48.5 Å². The van der Waals surface area contributed by atoms with Crippen LogP contribution in [0.3, 0.4) is 0 Å². The standard InChI is InChI=1S/C29H31F4N3O4/c1-4-36-25(38)22(18-8-6-5-7-9-18)28(27(36)40)12-14-35(15-13-28)26(39)23(17(2)3)34-24(37)20-16-19(29(31,32)33)10-11-21(20)30/h5-11,16-17,22-23H,4,12-15H2,1-3H3,(H,34,37)/t22?,23-/m1/s1. The van der Waals surface area contributed by atoms with Crippen LogP contribution in [-0.4, -0.2) is 59.1 Å². The first-order chi connectivity index (χ1) is 18.8. The quantitative estimate of drug-likeness (QED) is 0.419. The van der Waals surface area contributed by atoms with Crippen molar-refractivity contribution in [1.82, 2.24) is 15.1 Å². The van der Waals surface area contributed by atoms with Crippen LogP contribution < -0.4 is 5.32 Å². The molecular formula is C29H31F4N3O4. The van der Waals surface area contributed by atoms with E-state index in [4.69, 9.17) is 0 Å². The predicted octanol–water partition coefficient (Wildman–Crippen LogP) is 4.38. The average Bonchev–Trinajstić information content (AvgIpc) is 3.11. The van der Waals surface area contributed by atoms with Crippen molar-refractivity contribution >= 4 is 23.6 Å². The van der Waals surface area contributed by atoms with Crippen molar-refractivity contribution in [3.63, 3.8) is 0 Å². The van der Waals surface area contributed by atoms with E-state index < -0.39 is 58.2 Å². The number of nitrogens with one attached hydrogen (secondary N) is 1. The van der Waals surface area contributed by atoms with Crippen LogP contribution in [0.5, 0.6) is 0 Å². The van der Waals surface area contributed by atoms with Crippen LogP contribution in [0.2, 0.25) is 0 Å². The number of piperidine rings is 1. The molecule has 7 nitrogen and oxygen atoms in total. The number of amides is 4. The van der Waals surface area contributed by atoms with E-state index in [1.807, 2.05) is 18.2 Å². The van der Waals surface area contributed by atoms with E-state index in [2.05, 4.69) is 5.32 Å². The van der Waals surface area contributed by atoms with Gasteiger partial charge in [-0.3, -0.25) is 24.1 Å². The number of alkyl halides is 3. The number of halogens is 4. The average molecular weight is 562 g/mol. The molecule has 0 bridgehead atoms. The Bertz CT molecular complexity index is 1300. The molecule has 1 spiro atoms. The summed E-state index contributed by atoms with van der Waals surface area (Å²) in [5.74, 6) is -4.46. The number of carbonyl (C=O) groups excluding carboxylic acids is 4. The van der Waals surface area contributed by atoms with E-state index in [0.29, 0.717) is 18.2 Å². The zero-order chi connectivity index (χ0) is 29.4. The van der Waals surface area contributed by atoms with Crippen molar-refractivity contribution in [2.75, 3.05) is 19.6 Å². The molecule has 2 aromatic rings. The number of carbonyl (C=O) groups is 4. The predicted molar refractivity (Wildman–Crippen MR) is 137 cm³/mol. The molecule has 0 aliphatic carbocycles. The molecule has 0 aromatic heterocycles. The first-order valence-corrected chi connectivity index (χ1v) is 13.2. The Kier molecular flexibility index (Phi) is 8.05. The minimum Gasteiger partial charge on any atom is -0.341 e. The maximum atomic E-state index is 14.3. The van der Waals surface area contributed by atoms with Crippen molar-refractivity contribution in [2.45, 2.75) is 51.7 Å². The lowest BCUT2D eigenvalue weighted by Crippen LogP contribution is -2.55. The van der Waals surface area contributed by atoms with Crippen LogP contribution in [-0.2, 0) is 20.6 Å². The number of hydrogen-bond acceptors (Lipinski definition) is 4. The van der Waals surface area contributed by atoms with Crippen LogP contribution in [0.25, 0.3) is 0 Å². The minimum absolute atomic E-state index is 0.135. The van der Waals surface area contributed by atoms with E-state index in [9.17, 15) is 36.7 Å². The summed E-state index contributed by atoms with van der Waals surface area (Å²) in [6, 6.07) is 9.43. The lowest BCUT2D eigenvalue weighted by molar-refractivity contribution is -0.145. The Morgan fingerprint density at radius 3 is 2.23 bits per heavy atom. The lowest BCUT2D eigenvalue weighted by atomic mass is 9.67. The van der Waals surface area contributed by atoms with Gasteiger partial charge in [-0.1, -0.05) is 44.2 Å². The second kappa shape index (κ2) is 11.0. The molecular weight excluding hydrogens is 530 g/mol. The summed E-state index contributed by atoms with van der Waals surface area (Å²) in [4.78, 5) is 55.8. The molecule has 4 rings (SSSR count). The molecule has 40 heavy (non-hydrogen) atoms. The van der Waals surface area contributed by atoms with Crippen LogP contribution in [0.4, 0.5) is 17.6 Å². The number of hydrogen-bond donors (Lipinski definition) is 1. The van der Waals surface area contributed by atoms with Gasteiger partial charge in [0.05, 0.1) is 22.5 Å². The van der Waals surface area contributed by atoms with E-state index in [1.54, 1.807) is 32.9 Å². The van der Waals surface area contributed by atoms with Crippen LogP contribution >= 0.6 is 0 Å². The maximum absolute atomic E-state index is 14.3. The summed E-state index contributed by atoms with van der Waals surface area (Å²) in [6.07, 6.45) is -4.33. The molecule has 2 fully saturated rings. The number of rotatable bonds is 6. The molecule has 214 valence electrons. The maximum Gasteiger partial charge on any atom is 0.416 e. The van der Waals surface area contributed by atoms with Crippen molar-refractivity contribution in [2.24, 2.45) is 11.3 Å². The third kappa shape index (κ3) is 5.21. The third-order valence-corrected chi connectivity index (χ3v) is 7.91. The molecule has 2 aliphatic rings. The van der Waals surface area contributed by atoms with Crippen LogP contribution in [0.1, 0.15) is 61.0 Å². The normalized spacial score (nSPS) is 19.9. The molecule has 0 radical (unpaired) electrons. The highest BCUT2D eigenvalue weighted by Crippen LogP contribution is 2.51. The summed E-state index contributed by atoms with van der Waals surface area (Å²) in [6.45, 7) is 5.55. The summed E-state index contributed by atoms with van der Waals surface area (Å²) >= 11 is 0. The molecule has 2 aliphatic heterocycles. The van der Waals surface area contributed by atoms with E-state index in [0.717, 1.165) is 5.56 Å². The summed E-state index contributed by atoms with van der Waals surface area (Å²) < 4.78 is 53.7. The fourth-order valence-corrected chi connectivity index (χ4v) is 5.72. The summed E-state index contributed by atoms with van der Waals surface area (Å²) in [7, 11) is 0. The first-order valence-electron chi connectivity index (χ1n) is 13.2. The highest BCUT2D eigenvalue weighted by molar-refractivity contribution is 6.10. The van der Waals surface area contributed by atoms with Gasteiger partial charge in [-0.05, 0) is 49.4 Å². The van der Waals surface area contributed by atoms with Gasteiger partial charge in [0, 0.05) is 19.6 Å². The molecule has 0 saturated carbocycles. The monoisotopic (exact) mass is 561 g/mol. The molecule has 2 aromatic carbocycles. The topological polar surface area (TPSA) is 86.8 Å². The van der Waals surface area contributed by atoms with Gasteiger partial charge in [0.25, 0.3) is 5.91 Å². The number of likely N-dealkylation sites (N-methyl/N-ethyl adjacent to an activating group) is 1. The Labute approximate surface area is 229 Å². The zero-order valence-corrected chi connectivity index (χ0v) is 22.4. The molecule has 2 heterocycles. The lowest BCUT2D eigenvalue weighted by Gasteiger charge is -2.41. The van der Waals surface area contributed by atoms with Gasteiger partial charge >= 0.3 is 6.18 Å². The highest BCUT2D eigenvalue weighted by atomic mass is 19.4. The minimum atomic E-state index is -4.77. The molecule has 2 atom stereocenters. The van der Waals surface area contributed by atoms with Gasteiger partial charge in [-0.2, -0.15) is 13.2 Å². The second-order valence-corrected chi connectivity index (χ2v) is 10.6. The number of nitrogens with zero attached hydrogens (tertiary/aromatic N) is 2. The smallest absolute Gasteiger partial charge is 0.341 e. The zero-order valence-electron chi connectivity index (χ0n) is 22.4. The van der Waals surface area contributed by atoms with E-state index >= 15 is 0 Å². The van der Waals surface area contributed by atoms with Crippen molar-refractivity contribution in [3.05, 3.63) is 71.0 Å². The van der Waals surface area contributed by atoms with Gasteiger partial charge in [0.15, 0.2) is 0 Å². The fourth-order valence-electron chi connectivity index (χ4n) is 5.72. The molecule has 1 unspecified atom stereocenters. The number of imide groups is 1. The van der Waals surface area contributed by atoms with Gasteiger partial charge in [0.2, 0.25) is 17.7 Å². The molecule has 2 saturated heterocycles. The Morgan fingerprint density at radius 1 is 1.05 bits per heavy atom. The summed E-state index contributed by atoms with van der Waals surface area (Å²) in [5, 5.41) is 2.41. The number of benzene rings is 2. The Hall–Kier alpha value is -3.76. The van der Waals surface area contributed by atoms with Gasteiger partial charge in [0.1, 0.15) is 11.9 Å². The van der Waals surface area contributed by atoms with Crippen LogP contribution in [0, 0.1) is 17.2 Å². The van der Waals surface area contributed by atoms with Gasteiger partial charge in [-0.15, -0.1) is 0 Å². The first kappa shape index (κ1) is 29.2. The SMILES string of the molecule is CCN1C(=O)C(c2ccccc2)C2(CCN(C(=O)[C@H](NC(=O)c3cc(C(F)(F)F)ccc3F)C(C)C)CC2)C1=O. The van der Waals surface area contributed by atoms with Crippen molar-refractivity contribution in [1.29, 1.82) is 0 Å². The molecule has 4 amide bonds. The second-order valence-electron chi connectivity index (χ2n) is 10.6. The fraction of sp³-hybridized carbons (Fsp3) is 0.448. The van der Waals surface area contributed by atoms with Gasteiger partial charge in [-0.25, -0.2) is 4.39 Å². The Morgan fingerprint density at radius 2 is 1.68 bits per heavy atom. The number of likely N-dealkylation sites (tertiary alicyclic amines) is 2.